The fourth-order valence-electron chi connectivity index (χ4n) is 3.40. The average molecular weight is 468 g/mol. The molecule has 0 radical (unpaired) electrons. The predicted octanol–water partition coefficient (Wildman–Crippen LogP) is 3.62. The van der Waals surface area contributed by atoms with Gasteiger partial charge < -0.3 is 26.6 Å². The summed E-state index contributed by atoms with van der Waals surface area (Å²) < 4.78 is 5.22. The lowest BCUT2D eigenvalue weighted by atomic mass is 9.92. The third-order valence-electron chi connectivity index (χ3n) is 4.84. The number of carbonyl (C=O) groups is 2. The first kappa shape index (κ1) is 23.7. The van der Waals surface area contributed by atoms with Crippen molar-refractivity contribution in [3.05, 3.63) is 59.8 Å². The number of aliphatic carboxylic acids is 1. The number of hydrogen-bond donors (Lipinski definition) is 4. The molecule has 33 heavy (non-hydrogen) atoms. The van der Waals surface area contributed by atoms with Crippen molar-refractivity contribution < 1.29 is 19.4 Å². The molecular weight excluding hydrogens is 442 g/mol. The van der Waals surface area contributed by atoms with Gasteiger partial charge in [-0.05, 0) is 42.3 Å². The van der Waals surface area contributed by atoms with E-state index in [1.807, 2.05) is 25.1 Å². The van der Waals surface area contributed by atoms with Gasteiger partial charge in [0, 0.05) is 18.0 Å². The van der Waals surface area contributed by atoms with Crippen molar-refractivity contribution in [3.8, 4) is 16.2 Å². The number of nitrogens with zero attached hydrogens (tertiary/aromatic N) is 2. The van der Waals surface area contributed by atoms with Gasteiger partial charge in [-0.1, -0.05) is 35.6 Å². The van der Waals surface area contributed by atoms with Gasteiger partial charge in [0.1, 0.15) is 5.75 Å². The summed E-state index contributed by atoms with van der Waals surface area (Å²) in [6, 6.07) is 14.4. The molecule has 0 saturated carbocycles. The number of rotatable bonds is 9. The number of guanidine groups is 1. The number of carboxylic acid groups (broad SMARTS) is 1. The number of anilines is 1. The molecule has 3 rings (SSSR count). The highest BCUT2D eigenvalue weighted by molar-refractivity contribution is 7.18. The second-order valence-corrected chi connectivity index (χ2v) is 8.33. The van der Waals surface area contributed by atoms with E-state index in [-0.39, 0.29) is 24.7 Å². The molecule has 0 spiro atoms. The first-order valence-electron chi connectivity index (χ1n) is 10.1. The Morgan fingerprint density at radius 1 is 1.18 bits per heavy atom. The lowest BCUT2D eigenvalue weighted by Crippen LogP contribution is -2.21. The molecule has 1 amide bonds. The summed E-state index contributed by atoms with van der Waals surface area (Å²) in [7, 11) is 1.54. The van der Waals surface area contributed by atoms with Crippen molar-refractivity contribution in [1.29, 1.82) is 0 Å². The Labute approximate surface area is 195 Å². The van der Waals surface area contributed by atoms with Gasteiger partial charge in [0.05, 0.1) is 24.1 Å². The molecule has 172 valence electrons. The first-order chi connectivity index (χ1) is 15.7. The number of carbonyl (C=O) groups excluding carboxylic acids is 1. The van der Waals surface area contributed by atoms with Crippen LogP contribution in [0.4, 0.5) is 10.8 Å². The van der Waals surface area contributed by atoms with Crippen molar-refractivity contribution in [3.63, 3.8) is 0 Å². The summed E-state index contributed by atoms with van der Waals surface area (Å²) in [4.78, 5) is 33.4. The van der Waals surface area contributed by atoms with Crippen LogP contribution in [0.15, 0.2) is 53.5 Å². The molecule has 0 aliphatic heterocycles. The van der Waals surface area contributed by atoms with Crippen LogP contribution in [0.2, 0.25) is 0 Å². The maximum absolute atomic E-state index is 12.8. The molecule has 0 aliphatic rings. The van der Waals surface area contributed by atoms with Crippen molar-refractivity contribution in [2.45, 2.75) is 25.7 Å². The maximum Gasteiger partial charge on any atom is 0.303 e. The molecule has 3 aromatic rings. The number of aromatic nitrogens is 1. The zero-order valence-electron chi connectivity index (χ0n) is 18.2. The van der Waals surface area contributed by atoms with Crippen LogP contribution in [0.3, 0.4) is 0 Å². The fourth-order valence-corrected chi connectivity index (χ4v) is 4.35. The van der Waals surface area contributed by atoms with Gasteiger partial charge in [-0.2, -0.15) is 4.99 Å². The molecule has 0 aliphatic carbocycles. The van der Waals surface area contributed by atoms with E-state index >= 15 is 0 Å². The van der Waals surface area contributed by atoms with Crippen LogP contribution in [0.5, 0.6) is 5.75 Å². The van der Waals surface area contributed by atoms with E-state index in [2.05, 4.69) is 15.3 Å². The second kappa shape index (κ2) is 10.6. The third kappa shape index (κ3) is 6.53. The molecule has 0 bridgehead atoms. The normalized spacial score (nSPS) is 11.5. The van der Waals surface area contributed by atoms with E-state index in [0.29, 0.717) is 16.6 Å². The van der Waals surface area contributed by atoms with Gasteiger partial charge in [-0.15, -0.1) is 0 Å². The molecular formula is C23H25N5O4S. The molecule has 0 fully saturated rings. The van der Waals surface area contributed by atoms with E-state index in [1.165, 1.54) is 18.4 Å². The number of thiazole rings is 1. The van der Waals surface area contributed by atoms with Gasteiger partial charge >= 0.3 is 5.97 Å². The van der Waals surface area contributed by atoms with Crippen LogP contribution in [-0.4, -0.2) is 35.0 Å². The molecule has 1 unspecified atom stereocenters. The van der Waals surface area contributed by atoms with Crippen LogP contribution >= 0.6 is 11.3 Å². The molecule has 10 heteroatoms. The van der Waals surface area contributed by atoms with E-state index in [0.717, 1.165) is 21.7 Å². The number of amides is 1. The van der Waals surface area contributed by atoms with E-state index < -0.39 is 11.9 Å². The van der Waals surface area contributed by atoms with Crippen molar-refractivity contribution in [2.75, 3.05) is 12.4 Å². The number of carboxylic acids is 1. The largest absolute Gasteiger partial charge is 0.497 e. The van der Waals surface area contributed by atoms with E-state index in [9.17, 15) is 14.7 Å². The minimum Gasteiger partial charge on any atom is -0.497 e. The molecule has 6 N–H and O–H groups in total. The molecule has 1 heterocycles. The SMILES string of the molecule is COc1cccc(C(CC(=O)O)CC(=O)Nc2cccc(-c3sc(N=C(N)N)nc3C)c2)c1. The number of hydrogen-bond acceptors (Lipinski definition) is 6. The van der Waals surface area contributed by atoms with Gasteiger partial charge in [0.15, 0.2) is 5.96 Å². The average Bonchev–Trinajstić information content (AvgIpc) is 3.12. The minimum atomic E-state index is -0.977. The fraction of sp³-hybridized carbons (Fsp3) is 0.217. The van der Waals surface area contributed by atoms with Crippen LogP contribution in [-0.2, 0) is 9.59 Å². The summed E-state index contributed by atoms with van der Waals surface area (Å²) in [5.41, 5.74) is 13.8. The summed E-state index contributed by atoms with van der Waals surface area (Å²) in [5.74, 6) is -1.22. The first-order valence-corrected chi connectivity index (χ1v) is 10.9. The van der Waals surface area contributed by atoms with Crippen LogP contribution in [0, 0.1) is 6.92 Å². The lowest BCUT2D eigenvalue weighted by molar-refractivity contribution is -0.137. The predicted molar refractivity (Wildman–Crippen MR) is 129 cm³/mol. The zero-order valence-corrected chi connectivity index (χ0v) is 19.1. The monoisotopic (exact) mass is 467 g/mol. The number of aryl methyl sites for hydroxylation is 1. The summed E-state index contributed by atoms with van der Waals surface area (Å²) >= 11 is 1.34. The van der Waals surface area contributed by atoms with Crippen LogP contribution < -0.4 is 21.5 Å². The number of methoxy groups -OCH3 is 1. The Hall–Kier alpha value is -3.92. The molecule has 1 atom stereocenters. The highest BCUT2D eigenvalue weighted by Gasteiger charge is 2.20. The van der Waals surface area contributed by atoms with E-state index in [4.69, 9.17) is 16.2 Å². The maximum atomic E-state index is 12.8. The molecule has 2 aromatic carbocycles. The summed E-state index contributed by atoms with van der Waals surface area (Å²) in [5, 5.41) is 12.6. The van der Waals surface area contributed by atoms with Crippen LogP contribution in [0.25, 0.3) is 10.4 Å². The molecule has 9 nitrogen and oxygen atoms in total. The van der Waals surface area contributed by atoms with Crippen LogP contribution in [0.1, 0.15) is 30.0 Å². The van der Waals surface area contributed by atoms with Gasteiger partial charge in [0.2, 0.25) is 11.0 Å². The van der Waals surface area contributed by atoms with Gasteiger partial charge in [-0.25, -0.2) is 4.98 Å². The van der Waals surface area contributed by atoms with Gasteiger partial charge in [0.25, 0.3) is 0 Å². The Balaban J connectivity index is 1.77. The number of nitrogens with one attached hydrogen (secondary N) is 1. The van der Waals surface area contributed by atoms with Gasteiger partial charge in [-0.3, -0.25) is 9.59 Å². The van der Waals surface area contributed by atoms with E-state index in [1.54, 1.807) is 30.3 Å². The minimum absolute atomic E-state index is 0.0118. The number of aliphatic imine (C=N–C) groups is 1. The Bertz CT molecular complexity index is 1190. The topological polar surface area (TPSA) is 153 Å². The lowest BCUT2D eigenvalue weighted by Gasteiger charge is -2.16. The standard InChI is InChI=1S/C23H25N5O4S/c1-13-21(33-23(26-13)28-22(24)25)15-6-3-7-17(9-15)27-19(29)11-16(12-20(30)31)14-5-4-8-18(10-14)32-2/h3-10,16H,11-12H2,1-2H3,(H,27,29)(H,30,31)(H4,24,25,26,28). The second-order valence-electron chi connectivity index (χ2n) is 7.35. The Morgan fingerprint density at radius 2 is 1.94 bits per heavy atom. The van der Waals surface area contributed by atoms with Crippen molar-refractivity contribution >= 4 is 40.0 Å². The Kier molecular flexibility index (Phi) is 7.62. The number of nitrogens with two attached hydrogens (primary N) is 2. The molecule has 0 saturated heterocycles. The summed E-state index contributed by atoms with van der Waals surface area (Å²) in [6.07, 6.45) is -0.161. The molecule has 1 aromatic heterocycles. The smallest absolute Gasteiger partial charge is 0.303 e. The third-order valence-corrected chi connectivity index (χ3v) is 5.94. The quantitative estimate of drug-likeness (QED) is 0.277. The highest BCUT2D eigenvalue weighted by atomic mass is 32.1. The summed E-state index contributed by atoms with van der Waals surface area (Å²) in [6.45, 7) is 1.85. The van der Waals surface area contributed by atoms with Crippen molar-refractivity contribution in [1.82, 2.24) is 4.98 Å². The Morgan fingerprint density at radius 3 is 2.64 bits per heavy atom. The highest BCUT2D eigenvalue weighted by Crippen LogP contribution is 2.35. The number of benzene rings is 2. The zero-order chi connectivity index (χ0) is 24.0. The number of ether oxygens (including phenoxy) is 1. The van der Waals surface area contributed by atoms with Crippen molar-refractivity contribution in [2.24, 2.45) is 16.5 Å².